The highest BCUT2D eigenvalue weighted by Gasteiger charge is 2.23. The zero-order valence-corrected chi connectivity index (χ0v) is 22.1. The number of pyridine rings is 1. The van der Waals surface area contributed by atoms with Gasteiger partial charge in [0.25, 0.3) is 0 Å². The molecule has 3 heteroatoms. The molecule has 0 aliphatic rings. The van der Waals surface area contributed by atoms with Gasteiger partial charge in [0.2, 0.25) is 0 Å². The molecule has 0 atom stereocenters. The zero-order chi connectivity index (χ0) is 24.5. The molecule has 0 N–H and O–H groups in total. The summed E-state index contributed by atoms with van der Waals surface area (Å²) in [6.45, 7) is 13.5. The van der Waals surface area contributed by atoms with Crippen molar-refractivity contribution in [2.45, 2.75) is 53.4 Å². The van der Waals surface area contributed by atoms with Gasteiger partial charge in [-0.05, 0) is 71.3 Å². The van der Waals surface area contributed by atoms with Crippen LogP contribution in [0.4, 0.5) is 0 Å². The second-order valence-electron chi connectivity index (χ2n) is 11.2. The molecule has 6 aromatic rings. The third kappa shape index (κ3) is 3.56. The Bertz CT molecular complexity index is 1740. The van der Waals surface area contributed by atoms with Crippen molar-refractivity contribution in [3.05, 3.63) is 77.7 Å². The lowest BCUT2D eigenvalue weighted by atomic mass is 9.82. The molecule has 176 valence electrons. The van der Waals surface area contributed by atoms with E-state index in [1.54, 1.807) is 0 Å². The average molecular weight is 478 g/mol. The maximum absolute atomic E-state index is 6.28. The monoisotopic (exact) mass is 477 g/mol. The highest BCUT2D eigenvalue weighted by atomic mass is 32.1. The summed E-state index contributed by atoms with van der Waals surface area (Å²) in [5.74, 6) is 1.59. The molecule has 0 spiro atoms. The predicted octanol–water partition coefficient (Wildman–Crippen LogP) is 9.82. The van der Waals surface area contributed by atoms with Crippen molar-refractivity contribution >= 4 is 53.3 Å². The normalized spacial score (nSPS) is 12.7. The van der Waals surface area contributed by atoms with E-state index in [4.69, 9.17) is 9.40 Å². The lowest BCUT2D eigenvalue weighted by Crippen LogP contribution is -2.12. The molecule has 3 aromatic heterocycles. The highest BCUT2D eigenvalue weighted by molar-refractivity contribution is 7.26. The predicted molar refractivity (Wildman–Crippen MR) is 152 cm³/mol. The van der Waals surface area contributed by atoms with Crippen molar-refractivity contribution < 1.29 is 4.42 Å². The van der Waals surface area contributed by atoms with Crippen LogP contribution in [-0.2, 0) is 11.8 Å². The Morgan fingerprint density at radius 3 is 2.46 bits per heavy atom. The second kappa shape index (κ2) is 7.93. The number of thiophene rings is 1. The first-order chi connectivity index (χ1) is 16.7. The van der Waals surface area contributed by atoms with Gasteiger partial charge in [0.05, 0.1) is 5.69 Å². The maximum atomic E-state index is 6.28. The summed E-state index contributed by atoms with van der Waals surface area (Å²) in [6.07, 6.45) is 2.97. The van der Waals surface area contributed by atoms with Crippen LogP contribution in [-0.4, -0.2) is 4.98 Å². The van der Waals surface area contributed by atoms with E-state index >= 15 is 0 Å². The van der Waals surface area contributed by atoms with E-state index in [1.165, 1.54) is 53.0 Å². The SMILES string of the molecule is Cc1oc2ccc3sc4ccnc(-c5cc(C(C)(C)C)c6ccccc6c5)c4c3c2c1CC(C)C. The van der Waals surface area contributed by atoms with E-state index in [0.717, 1.165) is 23.5 Å². The molecule has 0 aliphatic heterocycles. The molecule has 0 unspecified atom stereocenters. The standard InChI is InChI=1S/C32H31NOS/c1-18(2)15-23-19(3)34-25-11-12-26-29(28(23)25)30-27(35-26)13-14-33-31(30)21-16-20-9-7-8-10-22(20)24(17-21)32(4,5)6/h7-14,16-18H,15H2,1-6H3. The van der Waals surface area contributed by atoms with Crippen LogP contribution >= 0.6 is 11.3 Å². The van der Waals surface area contributed by atoms with E-state index in [9.17, 15) is 0 Å². The molecular weight excluding hydrogens is 446 g/mol. The summed E-state index contributed by atoms with van der Waals surface area (Å²) in [5, 5.41) is 6.39. The van der Waals surface area contributed by atoms with Gasteiger partial charge in [0.15, 0.2) is 0 Å². The van der Waals surface area contributed by atoms with Gasteiger partial charge in [-0.25, -0.2) is 0 Å². The van der Waals surface area contributed by atoms with E-state index in [2.05, 4.69) is 96.1 Å². The van der Waals surface area contributed by atoms with Crippen LogP contribution in [0.25, 0.3) is 53.2 Å². The first kappa shape index (κ1) is 22.3. The Hall–Kier alpha value is -3.17. The van der Waals surface area contributed by atoms with Gasteiger partial charge < -0.3 is 4.42 Å². The summed E-state index contributed by atoms with van der Waals surface area (Å²) in [7, 11) is 0. The Labute approximate surface area is 210 Å². The molecule has 0 saturated heterocycles. The minimum atomic E-state index is 0.0274. The van der Waals surface area contributed by atoms with Crippen molar-refractivity contribution in [2.24, 2.45) is 5.92 Å². The van der Waals surface area contributed by atoms with Crippen molar-refractivity contribution in [3.63, 3.8) is 0 Å². The quantitative estimate of drug-likeness (QED) is 0.253. The molecule has 0 aliphatic carbocycles. The van der Waals surface area contributed by atoms with E-state index in [0.29, 0.717) is 5.92 Å². The van der Waals surface area contributed by atoms with Crippen LogP contribution in [0.2, 0.25) is 0 Å². The summed E-state index contributed by atoms with van der Waals surface area (Å²) in [5.41, 5.74) is 5.94. The zero-order valence-electron chi connectivity index (χ0n) is 21.3. The van der Waals surface area contributed by atoms with Crippen molar-refractivity contribution in [2.75, 3.05) is 0 Å². The fraction of sp³-hybridized carbons (Fsp3) is 0.281. The molecular formula is C32H31NOS. The number of benzene rings is 3. The Balaban J connectivity index is 1.75. The van der Waals surface area contributed by atoms with Gasteiger partial charge >= 0.3 is 0 Å². The van der Waals surface area contributed by atoms with Gasteiger partial charge in [-0.2, -0.15) is 0 Å². The summed E-state index contributed by atoms with van der Waals surface area (Å²) < 4.78 is 8.85. The lowest BCUT2D eigenvalue weighted by Gasteiger charge is -2.23. The number of fused-ring (bicyclic) bond motifs is 6. The molecule has 0 saturated carbocycles. The number of hydrogen-bond acceptors (Lipinski definition) is 3. The number of hydrogen-bond donors (Lipinski definition) is 0. The highest BCUT2D eigenvalue weighted by Crippen LogP contribution is 2.45. The van der Waals surface area contributed by atoms with Crippen LogP contribution in [0.3, 0.4) is 0 Å². The summed E-state index contributed by atoms with van der Waals surface area (Å²) in [4.78, 5) is 5.01. The van der Waals surface area contributed by atoms with Gasteiger partial charge in [-0.3, -0.25) is 4.98 Å². The maximum Gasteiger partial charge on any atom is 0.135 e. The molecule has 35 heavy (non-hydrogen) atoms. The molecule has 0 bridgehead atoms. The minimum Gasteiger partial charge on any atom is -0.461 e. The van der Waals surface area contributed by atoms with Crippen LogP contribution in [0.15, 0.2) is 65.2 Å². The second-order valence-corrected chi connectivity index (χ2v) is 12.3. The largest absolute Gasteiger partial charge is 0.461 e. The molecule has 2 nitrogen and oxygen atoms in total. The number of rotatable bonds is 3. The number of aromatic nitrogens is 1. The summed E-state index contributed by atoms with van der Waals surface area (Å²) >= 11 is 1.85. The van der Waals surface area contributed by atoms with E-state index in [-0.39, 0.29) is 5.41 Å². The Morgan fingerprint density at radius 2 is 1.69 bits per heavy atom. The first-order valence-electron chi connectivity index (χ1n) is 12.5. The smallest absolute Gasteiger partial charge is 0.135 e. The van der Waals surface area contributed by atoms with Crippen molar-refractivity contribution in [3.8, 4) is 11.3 Å². The topological polar surface area (TPSA) is 26.0 Å². The number of furan rings is 1. The van der Waals surface area contributed by atoms with Crippen molar-refractivity contribution in [1.29, 1.82) is 0 Å². The minimum absolute atomic E-state index is 0.0274. The van der Waals surface area contributed by atoms with Crippen molar-refractivity contribution in [1.82, 2.24) is 4.98 Å². The third-order valence-corrected chi connectivity index (χ3v) is 8.18. The lowest BCUT2D eigenvalue weighted by molar-refractivity contribution is 0.560. The summed E-state index contributed by atoms with van der Waals surface area (Å²) in [6, 6.07) is 19.9. The molecule has 0 fully saturated rings. The fourth-order valence-electron chi connectivity index (χ4n) is 5.51. The first-order valence-corrected chi connectivity index (χ1v) is 13.3. The molecule has 0 radical (unpaired) electrons. The van der Waals surface area contributed by atoms with Crippen LogP contribution in [0.1, 0.15) is 51.5 Å². The van der Waals surface area contributed by atoms with E-state index in [1.807, 2.05) is 17.5 Å². The third-order valence-electron chi connectivity index (χ3n) is 7.06. The average Bonchev–Trinajstić information content (AvgIpc) is 3.34. The van der Waals surface area contributed by atoms with Gasteiger partial charge in [0, 0.05) is 42.9 Å². The Morgan fingerprint density at radius 1 is 0.914 bits per heavy atom. The van der Waals surface area contributed by atoms with Crippen LogP contribution < -0.4 is 0 Å². The van der Waals surface area contributed by atoms with Crippen LogP contribution in [0, 0.1) is 12.8 Å². The number of aryl methyl sites for hydroxylation is 1. The van der Waals surface area contributed by atoms with Gasteiger partial charge in [-0.1, -0.05) is 58.9 Å². The number of nitrogens with zero attached hydrogens (tertiary/aromatic N) is 1. The van der Waals surface area contributed by atoms with Gasteiger partial charge in [-0.15, -0.1) is 11.3 Å². The van der Waals surface area contributed by atoms with Gasteiger partial charge in [0.1, 0.15) is 11.3 Å². The Kier molecular flexibility index (Phi) is 5.05. The molecule has 3 aromatic carbocycles. The molecule has 0 amide bonds. The molecule has 3 heterocycles. The van der Waals surface area contributed by atoms with Crippen LogP contribution in [0.5, 0.6) is 0 Å². The van der Waals surface area contributed by atoms with E-state index < -0.39 is 0 Å². The molecule has 6 rings (SSSR count). The fourth-order valence-corrected chi connectivity index (χ4v) is 6.62.